The zero-order valence-corrected chi connectivity index (χ0v) is 80.1. The lowest BCUT2D eigenvalue weighted by Gasteiger charge is -2.21. The molecule has 0 heterocycles. The van der Waals surface area contributed by atoms with Gasteiger partial charge >= 0.3 is 59.7 Å². The Kier molecular flexibility index (Phi) is 72.3. The number of carbonyl (C=O) groups excluding carboxylic acids is 15. The molecule has 0 radical (unpaired) electrons. The molecule has 0 saturated carbocycles. The minimum atomic E-state index is -0.534. The van der Waals surface area contributed by atoms with Crippen LogP contribution >= 0.6 is 0 Å². The van der Waals surface area contributed by atoms with Crippen LogP contribution in [-0.4, -0.2) is 155 Å². The number of hydrogen-bond donors (Lipinski definition) is 0. The van der Waals surface area contributed by atoms with Gasteiger partial charge in [0, 0.05) is 72.1 Å². The van der Waals surface area contributed by atoms with Crippen LogP contribution in [0.15, 0.2) is 172 Å². The molecule has 26 nitrogen and oxygen atoms in total. The largest absolute Gasteiger partial charge is 0.494 e. The molecule has 4 aromatic carbocycles. The van der Waals surface area contributed by atoms with Crippen molar-refractivity contribution in [1.82, 2.24) is 0 Å². The summed E-state index contributed by atoms with van der Waals surface area (Å²) in [4.78, 5) is 174. The fourth-order valence-corrected chi connectivity index (χ4v) is 13.0. The Labute approximate surface area is 784 Å². The molecule has 0 aliphatic heterocycles. The topological polar surface area (TPSA) is 358 Å². The van der Waals surface area contributed by atoms with E-state index in [2.05, 4.69) is 60.6 Å². The highest BCUT2D eigenvalue weighted by molar-refractivity contribution is 5.95. The number of unbranched alkanes of at least 4 members (excludes halogenated alkanes) is 12. The van der Waals surface area contributed by atoms with E-state index >= 15 is 0 Å². The molecule has 0 bridgehead atoms. The van der Waals surface area contributed by atoms with Crippen LogP contribution in [0.5, 0.6) is 11.5 Å². The SMILES string of the molecule is C=CC(=O)OCCCCOC(=O)C(CCCCC)CC(CCCCC)C(C)=O.C=CC(=O)OCCCCOC(=O)C(Cc1ccccc1)CC(Cc1ccccc1)C(C)=O.C=CC(=O)OCCCCOC(=O)CCCC(=O)Oc1ccc(C(C)=O)cc1.C=CC(=O)OCCCCOc1ccc(C(C)=O)cc1.C=CC(=O)OCCOC(=O)C(CCCCC)CC(CCCCC)C(C)=O. The summed E-state index contributed by atoms with van der Waals surface area (Å²) < 4.78 is 56.2. The van der Waals surface area contributed by atoms with Crippen LogP contribution in [0.4, 0.5) is 0 Å². The van der Waals surface area contributed by atoms with Crippen molar-refractivity contribution in [2.75, 3.05) is 66.1 Å². The van der Waals surface area contributed by atoms with Crippen LogP contribution in [0.25, 0.3) is 0 Å². The summed E-state index contributed by atoms with van der Waals surface area (Å²) in [5.74, 6) is -3.77. The maximum absolute atomic E-state index is 12.9. The number of rotatable bonds is 68. The number of benzene rings is 4. The number of Topliss-reactive ketones (excluding diaryl/α,β-unsaturated/α-hetero) is 5. The molecule has 0 aromatic heterocycles. The Morgan fingerprint density at radius 2 is 0.553 bits per heavy atom. The van der Waals surface area contributed by atoms with Gasteiger partial charge < -0.3 is 52.1 Å². The highest BCUT2D eigenvalue weighted by Gasteiger charge is 2.30. The fraction of sp³-hybridized carbons (Fsp3) is 0.538. The quantitative estimate of drug-likeness (QED) is 0.00989. The van der Waals surface area contributed by atoms with Crippen molar-refractivity contribution in [3.05, 3.63) is 195 Å². The minimum absolute atomic E-state index is 0.0188. The van der Waals surface area contributed by atoms with Crippen LogP contribution in [-0.2, 0) is 118 Å². The average Bonchev–Trinajstić information content (AvgIpc) is 0.863. The van der Waals surface area contributed by atoms with Gasteiger partial charge in [0.05, 0.1) is 70.6 Å². The molecule has 6 atom stereocenters. The van der Waals surface area contributed by atoms with Crippen molar-refractivity contribution in [3.63, 3.8) is 0 Å². The van der Waals surface area contributed by atoms with E-state index in [-0.39, 0.29) is 129 Å². The number of hydrogen-bond acceptors (Lipinski definition) is 26. The van der Waals surface area contributed by atoms with E-state index in [1.54, 1.807) is 69.3 Å². The van der Waals surface area contributed by atoms with Gasteiger partial charge in [-0.05, 0) is 210 Å². The number of ketones is 5. The van der Waals surface area contributed by atoms with Crippen molar-refractivity contribution in [2.24, 2.45) is 35.5 Å². The van der Waals surface area contributed by atoms with Crippen LogP contribution < -0.4 is 9.47 Å². The Balaban J connectivity index is 0.00000164. The molecule has 0 N–H and O–H groups in total. The molecular weight excluding hydrogens is 1690 g/mol. The van der Waals surface area contributed by atoms with Gasteiger partial charge in [-0.3, -0.25) is 47.9 Å². The van der Waals surface area contributed by atoms with E-state index in [0.29, 0.717) is 120 Å². The third-order valence-electron chi connectivity index (χ3n) is 20.8. The smallest absolute Gasteiger partial charge is 0.330 e. The monoisotopic (exact) mass is 1840 g/mol. The van der Waals surface area contributed by atoms with Crippen molar-refractivity contribution >= 4 is 88.6 Å². The van der Waals surface area contributed by atoms with Crippen molar-refractivity contribution in [1.29, 1.82) is 0 Å². The number of carbonyl (C=O) groups is 15. The highest BCUT2D eigenvalue weighted by atomic mass is 16.6. The van der Waals surface area contributed by atoms with Gasteiger partial charge in [-0.2, -0.15) is 0 Å². The first-order valence-corrected chi connectivity index (χ1v) is 46.7. The molecule has 0 spiro atoms. The van der Waals surface area contributed by atoms with E-state index in [9.17, 15) is 71.9 Å². The highest BCUT2D eigenvalue weighted by Crippen LogP contribution is 2.29. The van der Waals surface area contributed by atoms with Gasteiger partial charge in [0.1, 0.15) is 42.1 Å². The zero-order valence-electron chi connectivity index (χ0n) is 80.1. The first-order valence-electron chi connectivity index (χ1n) is 46.7. The fourth-order valence-electron chi connectivity index (χ4n) is 13.0. The molecule has 6 unspecified atom stereocenters. The maximum atomic E-state index is 12.9. The third-order valence-corrected chi connectivity index (χ3v) is 20.8. The number of ether oxygens (including phenoxy) is 11. The maximum Gasteiger partial charge on any atom is 0.330 e. The third kappa shape index (κ3) is 64.3. The van der Waals surface area contributed by atoms with Crippen molar-refractivity contribution < 1.29 is 124 Å². The molecule has 0 fully saturated rings. The van der Waals surface area contributed by atoms with Crippen LogP contribution in [0.3, 0.4) is 0 Å². The second kappa shape index (κ2) is 79.2. The molecular formula is C106H150O26. The van der Waals surface area contributed by atoms with Gasteiger partial charge in [-0.15, -0.1) is 0 Å². The summed E-state index contributed by atoms with van der Waals surface area (Å²) in [5, 5.41) is 0. The zero-order chi connectivity index (χ0) is 98.3. The summed E-state index contributed by atoms with van der Waals surface area (Å²) in [7, 11) is 0. The summed E-state index contributed by atoms with van der Waals surface area (Å²) in [5.41, 5.74) is 3.32. The second-order valence-corrected chi connectivity index (χ2v) is 31.8. The summed E-state index contributed by atoms with van der Waals surface area (Å²) >= 11 is 0. The Bertz CT molecular complexity index is 4020. The first-order chi connectivity index (χ1) is 63.4. The minimum Gasteiger partial charge on any atom is -0.494 e. The van der Waals surface area contributed by atoms with Crippen LogP contribution in [0.2, 0.25) is 0 Å². The lowest BCUT2D eigenvalue weighted by molar-refractivity contribution is -0.154. The first kappa shape index (κ1) is 120. The normalized spacial score (nSPS) is 11.7. The van der Waals surface area contributed by atoms with Gasteiger partial charge in [0.15, 0.2) is 11.6 Å². The van der Waals surface area contributed by atoms with Gasteiger partial charge in [-0.1, -0.05) is 198 Å². The Morgan fingerprint density at radius 3 is 0.894 bits per heavy atom. The Hall–Kier alpha value is -11.6. The van der Waals surface area contributed by atoms with Crippen molar-refractivity contribution in [3.8, 4) is 11.5 Å². The van der Waals surface area contributed by atoms with Crippen molar-refractivity contribution in [2.45, 2.75) is 268 Å². The average molecular weight is 1840 g/mol. The molecule has 4 rings (SSSR count). The summed E-state index contributed by atoms with van der Waals surface area (Å²) in [6.45, 7) is 35.5. The lowest BCUT2D eigenvalue weighted by Crippen LogP contribution is -2.27. The molecule has 0 saturated heterocycles. The van der Waals surface area contributed by atoms with E-state index in [1.807, 2.05) is 60.7 Å². The van der Waals surface area contributed by atoms with E-state index in [1.165, 1.54) is 13.8 Å². The summed E-state index contributed by atoms with van der Waals surface area (Å²) in [6.07, 6.45) is 29.9. The van der Waals surface area contributed by atoms with Crippen LogP contribution in [0, 0.1) is 35.5 Å². The second-order valence-electron chi connectivity index (χ2n) is 31.8. The molecule has 26 heteroatoms. The lowest BCUT2D eigenvalue weighted by atomic mass is 9.84. The van der Waals surface area contributed by atoms with Gasteiger partial charge in [0.25, 0.3) is 0 Å². The van der Waals surface area contributed by atoms with Gasteiger partial charge in [0.2, 0.25) is 0 Å². The standard InChI is InChI=1S/C27H32O5.C23H40O5.C21H36O5.C20H24O7.C15H18O4/c1-3-26(29)31-16-10-11-17-32-27(30)25(19-23-14-8-5-9-15-23)20-24(21(2)28)18-22-12-6-4-7-13-22;1-5-8-10-14-20(19(4)24)18-21(15-11-9-6-2)23(26)28-17-13-12-16-27-22(25)7-3;1-5-8-10-12-18(17(4)22)16-19(13-11-9-6-2)21(24)26-15-14-25-20(23)7-3;1-3-18(22)25-13-4-5-14-26-19(23)7-6-8-20(24)27-17-11-9-16(10-12-17)15(2)21;1-3-15(17)19-11-5-4-10-18-14-8-6-13(7-9-14)12(2)16/h3-9,12-15,24-25H,1,10-11,16-20H2,2H3;7,20-21H,3,5-6,8-18H2,1-2,4H3;7,18-19H,3,5-6,8-16H2,1-2,4H3;3,9-12H,1,4-8,13-14H2,2H3;3,6-9H,1,4-5,10-11H2,2H3. The van der Waals surface area contributed by atoms with E-state index < -0.39 is 47.7 Å². The number of esters is 10. The molecule has 0 aliphatic carbocycles. The van der Waals surface area contributed by atoms with Gasteiger partial charge in [-0.25, -0.2) is 24.0 Å². The molecule has 730 valence electrons. The molecule has 0 aliphatic rings. The van der Waals surface area contributed by atoms with Crippen LogP contribution in [0.1, 0.15) is 287 Å². The molecule has 4 aromatic rings. The summed E-state index contributed by atoms with van der Waals surface area (Å²) in [6, 6.07) is 32.9. The van der Waals surface area contributed by atoms with E-state index in [0.717, 1.165) is 163 Å². The molecule has 0 amide bonds. The molecule has 132 heavy (non-hydrogen) atoms. The predicted octanol–water partition coefficient (Wildman–Crippen LogP) is 20.6. The predicted molar refractivity (Wildman–Crippen MR) is 508 cm³/mol. The Morgan fingerprint density at radius 1 is 0.273 bits per heavy atom. The van der Waals surface area contributed by atoms with E-state index in [4.69, 9.17) is 52.1 Å².